The summed E-state index contributed by atoms with van der Waals surface area (Å²) in [6, 6.07) is 9.59. The molecule has 0 atom stereocenters. The van der Waals surface area contributed by atoms with Crippen LogP contribution in [-0.2, 0) is 11.8 Å². The van der Waals surface area contributed by atoms with Crippen LogP contribution in [-0.4, -0.2) is 17.1 Å². The zero-order chi connectivity index (χ0) is 14.0. The number of rotatable bonds is 3. The van der Waals surface area contributed by atoms with Gasteiger partial charge in [0.1, 0.15) is 11.4 Å². The Balaban J connectivity index is 2.45. The molecule has 0 saturated carbocycles. The van der Waals surface area contributed by atoms with Crippen molar-refractivity contribution in [3.63, 3.8) is 0 Å². The van der Waals surface area contributed by atoms with Gasteiger partial charge in [-0.15, -0.1) is 0 Å². The average Bonchev–Trinajstić information content (AvgIpc) is 2.68. The molecule has 4 nitrogen and oxygen atoms in total. The van der Waals surface area contributed by atoms with Gasteiger partial charge in [0.2, 0.25) is 0 Å². The van der Waals surface area contributed by atoms with Gasteiger partial charge < -0.3 is 15.0 Å². The van der Waals surface area contributed by atoms with E-state index in [0.29, 0.717) is 18.0 Å². The number of carbonyl (C=O) groups is 1. The molecule has 5 heteroatoms. The molecule has 0 aliphatic rings. The van der Waals surface area contributed by atoms with E-state index in [1.807, 2.05) is 31.3 Å². The van der Waals surface area contributed by atoms with E-state index < -0.39 is 0 Å². The van der Waals surface area contributed by atoms with Crippen molar-refractivity contribution in [2.75, 3.05) is 12.3 Å². The van der Waals surface area contributed by atoms with Crippen LogP contribution < -0.4 is 5.73 Å². The van der Waals surface area contributed by atoms with Gasteiger partial charge in [0, 0.05) is 11.5 Å². The number of aromatic nitrogens is 1. The lowest BCUT2D eigenvalue weighted by molar-refractivity contribution is 0.0527. The van der Waals surface area contributed by atoms with Crippen molar-refractivity contribution in [1.29, 1.82) is 0 Å². The van der Waals surface area contributed by atoms with Crippen LogP contribution in [0.4, 0.5) is 5.82 Å². The molecule has 2 N–H and O–H groups in total. The summed E-state index contributed by atoms with van der Waals surface area (Å²) in [6.45, 7) is 2.10. The van der Waals surface area contributed by atoms with Crippen LogP contribution in [0.1, 0.15) is 17.3 Å². The largest absolute Gasteiger partial charge is 0.462 e. The molecule has 1 aromatic heterocycles. The maximum atomic E-state index is 11.8. The fourth-order valence-corrected chi connectivity index (χ4v) is 2.15. The van der Waals surface area contributed by atoms with E-state index in [2.05, 4.69) is 15.9 Å². The number of hydrogen-bond acceptors (Lipinski definition) is 3. The standard InChI is InChI=1S/C14H15BrN2O2/c1-3-19-14(18)11-8-12(17(2)13(11)16)9-4-6-10(15)7-5-9/h4-8H,3,16H2,1-2H3. The van der Waals surface area contributed by atoms with E-state index in [1.54, 1.807) is 17.6 Å². The minimum Gasteiger partial charge on any atom is -0.462 e. The molecule has 0 aliphatic carbocycles. The Morgan fingerprint density at radius 1 is 1.37 bits per heavy atom. The molecule has 0 bridgehead atoms. The van der Waals surface area contributed by atoms with Crippen LogP contribution in [0, 0.1) is 0 Å². The van der Waals surface area contributed by atoms with Gasteiger partial charge in [-0.25, -0.2) is 4.79 Å². The summed E-state index contributed by atoms with van der Waals surface area (Å²) in [5.41, 5.74) is 8.24. The van der Waals surface area contributed by atoms with E-state index in [9.17, 15) is 4.79 Å². The Bertz CT molecular complexity index is 603. The molecule has 100 valence electrons. The number of benzene rings is 1. The molecule has 0 aliphatic heterocycles. The van der Waals surface area contributed by atoms with Crippen LogP contribution in [0.5, 0.6) is 0 Å². The zero-order valence-electron chi connectivity index (χ0n) is 10.8. The summed E-state index contributed by atoms with van der Waals surface area (Å²) >= 11 is 3.39. The van der Waals surface area contributed by atoms with Gasteiger partial charge in [-0.05, 0) is 30.7 Å². The Hall–Kier alpha value is -1.75. The topological polar surface area (TPSA) is 57.2 Å². The van der Waals surface area contributed by atoms with Crippen LogP contribution in [0.25, 0.3) is 11.3 Å². The van der Waals surface area contributed by atoms with Crippen molar-refractivity contribution < 1.29 is 9.53 Å². The number of ether oxygens (including phenoxy) is 1. The number of halogens is 1. The molecule has 2 rings (SSSR count). The molecular formula is C14H15BrN2O2. The smallest absolute Gasteiger partial charge is 0.341 e. The van der Waals surface area contributed by atoms with E-state index in [1.165, 1.54) is 0 Å². The molecule has 0 saturated heterocycles. The van der Waals surface area contributed by atoms with Gasteiger partial charge in [-0.3, -0.25) is 0 Å². The lowest BCUT2D eigenvalue weighted by Gasteiger charge is -2.05. The van der Waals surface area contributed by atoms with Crippen molar-refractivity contribution >= 4 is 27.7 Å². The third kappa shape index (κ3) is 2.66. The molecule has 0 radical (unpaired) electrons. The number of nitrogen functional groups attached to an aromatic ring is 1. The van der Waals surface area contributed by atoms with Crippen LogP contribution in [0.3, 0.4) is 0 Å². The van der Waals surface area contributed by atoms with Gasteiger partial charge >= 0.3 is 5.97 Å². The third-order valence-electron chi connectivity index (χ3n) is 2.92. The van der Waals surface area contributed by atoms with Gasteiger partial charge in [-0.2, -0.15) is 0 Å². The Kier molecular flexibility index (Phi) is 3.95. The molecule has 0 amide bonds. The molecule has 1 aromatic carbocycles. The van der Waals surface area contributed by atoms with Crippen LogP contribution >= 0.6 is 15.9 Å². The van der Waals surface area contributed by atoms with Crippen molar-refractivity contribution in [2.24, 2.45) is 7.05 Å². The molecule has 1 heterocycles. The highest BCUT2D eigenvalue weighted by Gasteiger charge is 2.18. The molecule has 0 spiro atoms. The lowest BCUT2D eigenvalue weighted by atomic mass is 10.1. The molecular weight excluding hydrogens is 308 g/mol. The molecule has 0 unspecified atom stereocenters. The predicted octanol–water partition coefficient (Wildman–Crippen LogP) is 3.21. The maximum absolute atomic E-state index is 11.8. The number of nitrogens with zero attached hydrogens (tertiary/aromatic N) is 1. The van der Waals surface area contributed by atoms with E-state index in [4.69, 9.17) is 10.5 Å². The van der Waals surface area contributed by atoms with E-state index in [0.717, 1.165) is 15.7 Å². The van der Waals surface area contributed by atoms with Gasteiger partial charge in [0.15, 0.2) is 0 Å². The lowest BCUT2D eigenvalue weighted by Crippen LogP contribution is -2.07. The quantitative estimate of drug-likeness (QED) is 0.883. The predicted molar refractivity (Wildman–Crippen MR) is 78.9 cm³/mol. The van der Waals surface area contributed by atoms with Crippen molar-refractivity contribution in [3.8, 4) is 11.3 Å². The minimum atomic E-state index is -0.390. The summed E-state index contributed by atoms with van der Waals surface area (Å²) in [7, 11) is 1.83. The molecule has 0 fully saturated rings. The second-order valence-corrected chi connectivity index (χ2v) is 5.03. The second kappa shape index (κ2) is 5.48. The van der Waals surface area contributed by atoms with Gasteiger partial charge in [-0.1, -0.05) is 28.1 Å². The normalized spacial score (nSPS) is 10.5. The molecule has 2 aromatic rings. The van der Waals surface area contributed by atoms with Crippen molar-refractivity contribution in [3.05, 3.63) is 40.4 Å². The summed E-state index contributed by atoms with van der Waals surface area (Å²) in [5, 5.41) is 0. The van der Waals surface area contributed by atoms with E-state index in [-0.39, 0.29) is 5.97 Å². The minimum absolute atomic E-state index is 0.334. The Morgan fingerprint density at radius 3 is 2.58 bits per heavy atom. The van der Waals surface area contributed by atoms with Crippen LogP contribution in [0.15, 0.2) is 34.8 Å². The monoisotopic (exact) mass is 322 g/mol. The third-order valence-corrected chi connectivity index (χ3v) is 3.44. The average molecular weight is 323 g/mol. The number of carbonyl (C=O) groups excluding carboxylic acids is 1. The van der Waals surface area contributed by atoms with Crippen molar-refractivity contribution in [2.45, 2.75) is 6.92 Å². The first kappa shape index (κ1) is 13.7. The van der Waals surface area contributed by atoms with Gasteiger partial charge in [0.05, 0.1) is 12.3 Å². The summed E-state index contributed by atoms with van der Waals surface area (Å²) in [6.07, 6.45) is 0. The zero-order valence-corrected chi connectivity index (χ0v) is 12.4. The maximum Gasteiger partial charge on any atom is 0.341 e. The number of anilines is 1. The summed E-state index contributed by atoms with van der Waals surface area (Å²) in [4.78, 5) is 11.8. The summed E-state index contributed by atoms with van der Waals surface area (Å²) in [5.74, 6) is 0.0235. The van der Waals surface area contributed by atoms with Crippen molar-refractivity contribution in [1.82, 2.24) is 4.57 Å². The number of esters is 1. The highest BCUT2D eigenvalue weighted by Crippen LogP contribution is 2.28. The second-order valence-electron chi connectivity index (χ2n) is 4.11. The van der Waals surface area contributed by atoms with E-state index >= 15 is 0 Å². The highest BCUT2D eigenvalue weighted by molar-refractivity contribution is 9.10. The van der Waals surface area contributed by atoms with Crippen LogP contribution in [0.2, 0.25) is 0 Å². The van der Waals surface area contributed by atoms with Gasteiger partial charge in [0.25, 0.3) is 0 Å². The first-order valence-corrected chi connectivity index (χ1v) is 6.72. The highest BCUT2D eigenvalue weighted by atomic mass is 79.9. The first-order valence-electron chi connectivity index (χ1n) is 5.92. The molecule has 19 heavy (non-hydrogen) atoms. The first-order chi connectivity index (χ1) is 9.04. The summed E-state index contributed by atoms with van der Waals surface area (Å²) < 4.78 is 7.78. The number of hydrogen-bond donors (Lipinski definition) is 1. The SMILES string of the molecule is CCOC(=O)c1cc(-c2ccc(Br)cc2)n(C)c1N. The Morgan fingerprint density at radius 2 is 2.00 bits per heavy atom. The fourth-order valence-electron chi connectivity index (χ4n) is 1.89. The number of nitrogens with two attached hydrogens (primary N) is 1. The fraction of sp³-hybridized carbons (Fsp3) is 0.214. The Labute approximate surface area is 120 Å².